The second-order valence-corrected chi connectivity index (χ2v) is 16.1. The Balaban J connectivity index is 1.45. The quantitative estimate of drug-likeness (QED) is 0.0734. The van der Waals surface area contributed by atoms with Crippen molar-refractivity contribution in [3.8, 4) is 0 Å². The van der Waals surface area contributed by atoms with Crippen LogP contribution in [0.3, 0.4) is 0 Å². The molecule has 0 amide bonds. The number of nitrogen functional groups attached to an aromatic ring is 1. The predicted octanol–water partition coefficient (Wildman–Crippen LogP) is -3.93. The van der Waals surface area contributed by atoms with Crippen molar-refractivity contribution in [1.29, 1.82) is 0 Å². The fourth-order valence-corrected chi connectivity index (χ4v) is 8.46. The van der Waals surface area contributed by atoms with Crippen LogP contribution in [0.1, 0.15) is 12.5 Å². The zero-order valence-electron chi connectivity index (χ0n) is 24.7. The molecule has 2 aliphatic rings. The van der Waals surface area contributed by atoms with Crippen LogP contribution in [0.2, 0.25) is 0 Å². The highest BCUT2D eigenvalue weighted by Crippen LogP contribution is 2.59. The number of aliphatic hydroxyl groups excluding tert-OH is 2. The van der Waals surface area contributed by atoms with Crippen LogP contribution in [0.25, 0.3) is 11.2 Å². The molecule has 0 spiro atoms. The lowest BCUT2D eigenvalue weighted by atomic mass is 10.1. The minimum absolute atomic E-state index is 0.0351. The van der Waals surface area contributed by atoms with Gasteiger partial charge in [0.05, 0.1) is 12.9 Å². The highest BCUT2D eigenvalue weighted by atomic mass is 31.2. The molecule has 12 N–H and O–H groups in total. The molecule has 5 heterocycles. The summed E-state index contributed by atoms with van der Waals surface area (Å²) in [4.78, 5) is 106. The predicted molar refractivity (Wildman–Crippen MR) is 157 cm³/mol. The summed E-state index contributed by atoms with van der Waals surface area (Å²) in [6.45, 7) is -1.09. The van der Waals surface area contributed by atoms with Gasteiger partial charge in [-0.1, -0.05) is 0 Å². The summed E-state index contributed by atoms with van der Waals surface area (Å²) in [5, 5.41) is 21.3. The molecule has 0 bridgehead atoms. The van der Waals surface area contributed by atoms with E-state index in [1.54, 1.807) is 4.98 Å². The number of rotatable bonds is 13. The lowest BCUT2D eigenvalue weighted by molar-refractivity contribution is -0.0703. The number of aromatic amines is 1. The zero-order chi connectivity index (χ0) is 37.8. The van der Waals surface area contributed by atoms with Crippen LogP contribution in [-0.4, -0.2) is 123 Å². The molecule has 2 unspecified atom stereocenters. The lowest BCUT2D eigenvalue weighted by Crippen LogP contribution is -2.42. The number of nitrogens with zero attached hydrogens (tertiary/aromatic N) is 5. The van der Waals surface area contributed by atoms with Crippen molar-refractivity contribution in [1.82, 2.24) is 29.1 Å². The van der Waals surface area contributed by atoms with Crippen molar-refractivity contribution in [3.05, 3.63) is 45.8 Å². The average molecular weight is 813 g/mol. The van der Waals surface area contributed by atoms with Crippen LogP contribution in [-0.2, 0) is 45.8 Å². The van der Waals surface area contributed by atoms with Gasteiger partial charge in [-0.15, -0.1) is 0 Å². The van der Waals surface area contributed by atoms with Gasteiger partial charge in [-0.25, -0.2) is 33.4 Å². The third-order valence-electron chi connectivity index (χ3n) is 7.12. The lowest BCUT2D eigenvalue weighted by Gasteiger charge is -2.29. The van der Waals surface area contributed by atoms with Crippen molar-refractivity contribution in [3.63, 3.8) is 0 Å². The number of anilines is 1. The van der Waals surface area contributed by atoms with Gasteiger partial charge in [0.2, 0.25) is 0 Å². The molecule has 0 radical (unpaired) electrons. The van der Waals surface area contributed by atoms with E-state index in [0.717, 1.165) is 17.2 Å². The van der Waals surface area contributed by atoms with Gasteiger partial charge in [-0.05, 0) is 0 Å². The molecule has 0 aliphatic carbocycles. The Morgan fingerprint density at radius 3 is 2.18 bits per heavy atom. The number of aliphatic hydroxyl groups is 2. The van der Waals surface area contributed by atoms with E-state index in [9.17, 15) is 72.3 Å². The monoisotopic (exact) mass is 813 g/mol. The summed E-state index contributed by atoms with van der Waals surface area (Å²) in [6.07, 6.45) is -14.2. The number of phosphoric acid groups is 3. The maximum Gasteiger partial charge on any atom is 0.472 e. The van der Waals surface area contributed by atoms with E-state index in [1.807, 2.05) is 0 Å². The molecule has 2 fully saturated rings. The normalized spacial score (nSPS) is 29.4. The van der Waals surface area contributed by atoms with Gasteiger partial charge < -0.3 is 59.7 Å². The highest BCUT2D eigenvalue weighted by molar-refractivity contribution is 7.54. The number of H-pyrrole nitrogens is 1. The molecule has 2 aliphatic heterocycles. The fourth-order valence-electron chi connectivity index (χ4n) is 5.09. The van der Waals surface area contributed by atoms with E-state index in [2.05, 4.69) is 24.0 Å². The average Bonchev–Trinajstić information content (AvgIpc) is 3.64. The maximum atomic E-state index is 13.3. The largest absolute Gasteiger partial charge is 0.472 e. The van der Waals surface area contributed by atoms with Gasteiger partial charge >= 0.3 is 36.8 Å². The summed E-state index contributed by atoms with van der Waals surface area (Å²) >= 11 is 0. The first kappa shape index (κ1) is 39.6. The van der Waals surface area contributed by atoms with Crippen molar-refractivity contribution in [2.75, 3.05) is 12.3 Å². The highest BCUT2D eigenvalue weighted by Gasteiger charge is 2.60. The second kappa shape index (κ2) is 14.3. The smallest absolute Gasteiger partial charge is 0.387 e. The van der Waals surface area contributed by atoms with Gasteiger partial charge in [0.25, 0.3) is 5.56 Å². The summed E-state index contributed by atoms with van der Waals surface area (Å²) in [5.41, 5.74) is 3.48. The Morgan fingerprint density at radius 2 is 1.57 bits per heavy atom. The molecule has 2 saturated heterocycles. The summed E-state index contributed by atoms with van der Waals surface area (Å²) < 4.78 is 80.1. The number of hydrogen-bond acceptors (Lipinski definition) is 18. The number of ether oxygens (including phenoxy) is 2. The molecule has 28 nitrogen and oxygen atoms in total. The number of phosphoric ester groups is 3. The first-order chi connectivity index (χ1) is 23.5. The van der Waals surface area contributed by atoms with Crippen LogP contribution in [0.15, 0.2) is 34.5 Å². The van der Waals surface area contributed by atoms with Crippen LogP contribution in [0, 0.1) is 0 Å². The number of nitrogens with two attached hydrogens (primary N) is 1. The second-order valence-electron chi connectivity index (χ2n) is 10.6. The van der Waals surface area contributed by atoms with E-state index in [4.69, 9.17) is 24.3 Å². The van der Waals surface area contributed by atoms with Gasteiger partial charge in [-0.3, -0.25) is 41.6 Å². The van der Waals surface area contributed by atoms with E-state index < -0.39 is 104 Å². The van der Waals surface area contributed by atoms with Gasteiger partial charge in [0, 0.05) is 12.3 Å². The van der Waals surface area contributed by atoms with Crippen LogP contribution in [0.5, 0.6) is 0 Å². The maximum absolute atomic E-state index is 13.3. The molecule has 0 saturated carbocycles. The number of hydrogen-bond donors (Lipinski definition) is 11. The zero-order valence-corrected chi connectivity index (χ0v) is 28.3. The molecule has 51 heavy (non-hydrogen) atoms. The number of fused-ring (bicyclic) bond motifs is 1. The van der Waals surface area contributed by atoms with E-state index in [-0.39, 0.29) is 17.0 Å². The SMILES string of the molecule is Nc1ncnc2c1ncn2[C@@H]1O[C@H](COP(=O)(O)O[C@@H]2[C@H](OP(=O)(O)O)[C@@H](C(OP(=O)(O)O)P(=O)(O)O)O[C@H]2n2ccc(=O)[nH]c2=O)[C@@H](O)[C@H]1O. The third kappa shape index (κ3) is 8.94. The Labute approximate surface area is 280 Å². The first-order valence-electron chi connectivity index (χ1n) is 13.6. The molecule has 3 aromatic heterocycles. The summed E-state index contributed by atoms with van der Waals surface area (Å²) in [7, 11) is -23.4. The third-order valence-corrected chi connectivity index (χ3v) is 10.4. The number of aromatic nitrogens is 6. The Hall–Kier alpha value is -2.65. The Bertz CT molecular complexity index is 2080. The summed E-state index contributed by atoms with van der Waals surface area (Å²) in [6, 6.07) is 0.667. The number of imidazole rings is 1. The molecular weight excluding hydrogens is 786 g/mol. The fraction of sp³-hybridized carbons (Fsp3) is 0.526. The van der Waals surface area contributed by atoms with Crippen LogP contribution >= 0.6 is 31.1 Å². The van der Waals surface area contributed by atoms with Crippen LogP contribution < -0.4 is 17.0 Å². The van der Waals surface area contributed by atoms with Crippen molar-refractivity contribution < 1.29 is 90.3 Å². The molecule has 0 aromatic carbocycles. The summed E-state index contributed by atoms with van der Waals surface area (Å²) in [5.74, 6) is -3.18. The molecule has 5 rings (SSSR count). The molecule has 32 heteroatoms. The van der Waals surface area contributed by atoms with E-state index >= 15 is 0 Å². The Kier molecular flexibility index (Phi) is 11.1. The molecule has 284 valence electrons. The van der Waals surface area contributed by atoms with E-state index in [0.29, 0.717) is 16.8 Å². The molecule has 10 atom stereocenters. The minimum atomic E-state index is -5.95. The van der Waals surface area contributed by atoms with Gasteiger partial charge in [-0.2, -0.15) is 0 Å². The minimum Gasteiger partial charge on any atom is -0.387 e. The molecular formula is C19H27N7O21P4. The van der Waals surface area contributed by atoms with E-state index in [1.165, 1.54) is 0 Å². The van der Waals surface area contributed by atoms with Crippen molar-refractivity contribution in [2.45, 2.75) is 54.9 Å². The number of nitrogens with one attached hydrogen (secondary N) is 1. The van der Waals surface area contributed by atoms with Crippen LogP contribution in [0.4, 0.5) is 5.82 Å². The van der Waals surface area contributed by atoms with Gasteiger partial charge in [0.1, 0.15) is 48.5 Å². The van der Waals surface area contributed by atoms with Crippen molar-refractivity contribution >= 4 is 48.0 Å². The Morgan fingerprint density at radius 1 is 0.882 bits per heavy atom. The first-order valence-corrected chi connectivity index (χ1v) is 19.8. The standard InChI is InChI=1S/C19H27N7O21P4/c20-14-8-15(22-4-21-14)26(5-23-8)16-10(29)9(28)6(43-16)3-42-51(40,41)46-12-11(45-49(34,35)36)13(18(48(31,32)33)47-50(37,38)39)44-17(12)25-2-1-7(27)24-19(25)30/h1-2,4-6,9-13,16-18,28-29H,3H2,(H,40,41)(H2,20,21,22)(H,24,27,30)(H2,31,32,33)(H2,34,35,36)(H2,37,38,39)/t6-,9-,10-,11+,12-,13+,16-,17-,18?/m1/s1. The topological polar surface area (TPSA) is 430 Å². The molecule has 3 aromatic rings. The van der Waals surface area contributed by atoms with Crippen molar-refractivity contribution in [2.24, 2.45) is 0 Å². The van der Waals surface area contributed by atoms with Gasteiger partial charge in [0.15, 0.2) is 29.8 Å².